The van der Waals surface area contributed by atoms with Crippen LogP contribution < -0.4 is 0 Å². The van der Waals surface area contributed by atoms with Gasteiger partial charge in [-0.1, -0.05) is 40.7 Å². The molecule has 0 saturated carbocycles. The predicted molar refractivity (Wildman–Crippen MR) is 78.6 cm³/mol. The Morgan fingerprint density at radius 2 is 1.84 bits per heavy atom. The highest BCUT2D eigenvalue weighted by molar-refractivity contribution is 8.13. The Labute approximate surface area is 120 Å². The molecule has 0 aliphatic heterocycles. The highest BCUT2D eigenvalue weighted by atomic mass is 35.7. The lowest BCUT2D eigenvalue weighted by atomic mass is 9.83. The Morgan fingerprint density at radius 1 is 1.32 bits per heavy atom. The Hall–Kier alpha value is -0.740. The van der Waals surface area contributed by atoms with Gasteiger partial charge in [-0.2, -0.15) is 0 Å². The summed E-state index contributed by atoms with van der Waals surface area (Å²) in [4.78, 5) is -0.197. The van der Waals surface area contributed by atoms with Crippen molar-refractivity contribution >= 4 is 19.7 Å². The lowest BCUT2D eigenvalue weighted by Crippen LogP contribution is -2.14. The van der Waals surface area contributed by atoms with Crippen molar-refractivity contribution in [2.24, 2.45) is 0 Å². The second-order valence-corrected chi connectivity index (χ2v) is 8.45. The summed E-state index contributed by atoms with van der Waals surface area (Å²) in [5.74, 6) is -0.0339. The Bertz CT molecular complexity index is 571. The maximum atomic E-state index is 11.6. The molecule has 0 spiro atoms. The molecule has 108 valence electrons. The summed E-state index contributed by atoms with van der Waals surface area (Å²) < 4.78 is 23.2. The van der Waals surface area contributed by atoms with Gasteiger partial charge in [0.15, 0.2) is 0 Å². The SMILES string of the molecule is CCC(C)c1cc(C(C)(C)C)c(O)c(S(=O)(=O)Cl)c1. The normalized spacial score (nSPS) is 14.4. The number of phenolic OH excluding ortho intramolecular Hbond substituents is 1. The average molecular weight is 305 g/mol. The van der Waals surface area contributed by atoms with Crippen molar-refractivity contribution in [2.45, 2.75) is 57.3 Å². The zero-order valence-corrected chi connectivity index (χ0v) is 13.6. The third-order valence-electron chi connectivity index (χ3n) is 3.35. The van der Waals surface area contributed by atoms with Gasteiger partial charge in [0, 0.05) is 16.2 Å². The molecule has 1 aromatic rings. The van der Waals surface area contributed by atoms with Crippen LogP contribution >= 0.6 is 10.7 Å². The van der Waals surface area contributed by atoms with Gasteiger partial charge in [0.1, 0.15) is 10.6 Å². The fourth-order valence-corrected chi connectivity index (χ4v) is 2.88. The van der Waals surface area contributed by atoms with Gasteiger partial charge in [0.05, 0.1) is 0 Å². The van der Waals surface area contributed by atoms with Crippen LogP contribution in [0.3, 0.4) is 0 Å². The van der Waals surface area contributed by atoms with Crippen molar-refractivity contribution < 1.29 is 13.5 Å². The average Bonchev–Trinajstić information content (AvgIpc) is 2.25. The molecule has 0 aromatic heterocycles. The minimum atomic E-state index is -3.96. The summed E-state index contributed by atoms with van der Waals surface area (Å²) in [6.45, 7) is 9.82. The quantitative estimate of drug-likeness (QED) is 0.854. The van der Waals surface area contributed by atoms with E-state index in [1.54, 1.807) is 0 Å². The predicted octanol–water partition coefficient (Wildman–Crippen LogP) is 4.13. The number of hydrogen-bond acceptors (Lipinski definition) is 3. The molecule has 3 nitrogen and oxygen atoms in total. The van der Waals surface area contributed by atoms with Crippen LogP contribution in [0.5, 0.6) is 5.75 Å². The lowest BCUT2D eigenvalue weighted by molar-refractivity contribution is 0.431. The highest BCUT2D eigenvalue weighted by Gasteiger charge is 2.26. The van der Waals surface area contributed by atoms with Crippen molar-refractivity contribution in [2.75, 3.05) is 0 Å². The number of aromatic hydroxyl groups is 1. The Morgan fingerprint density at radius 3 is 2.21 bits per heavy atom. The van der Waals surface area contributed by atoms with Gasteiger partial charge in [0.25, 0.3) is 9.05 Å². The van der Waals surface area contributed by atoms with E-state index in [4.69, 9.17) is 10.7 Å². The van der Waals surface area contributed by atoms with E-state index in [0.717, 1.165) is 12.0 Å². The van der Waals surface area contributed by atoms with Crippen LogP contribution in [0.15, 0.2) is 17.0 Å². The smallest absolute Gasteiger partial charge is 0.264 e. The van der Waals surface area contributed by atoms with E-state index in [2.05, 4.69) is 0 Å². The fraction of sp³-hybridized carbons (Fsp3) is 0.571. The van der Waals surface area contributed by atoms with Gasteiger partial charge in [0.2, 0.25) is 0 Å². The molecular formula is C14H21ClO3S. The molecule has 0 heterocycles. The van der Waals surface area contributed by atoms with Crippen LogP contribution in [0, 0.1) is 0 Å². The van der Waals surface area contributed by atoms with Crippen LogP contribution in [-0.2, 0) is 14.5 Å². The molecule has 1 aromatic carbocycles. The monoisotopic (exact) mass is 304 g/mol. The van der Waals surface area contributed by atoms with E-state index in [9.17, 15) is 13.5 Å². The minimum Gasteiger partial charge on any atom is -0.506 e. The van der Waals surface area contributed by atoms with Crippen molar-refractivity contribution in [1.29, 1.82) is 0 Å². The van der Waals surface area contributed by atoms with E-state index in [1.807, 2.05) is 40.7 Å². The van der Waals surface area contributed by atoms with Gasteiger partial charge in [-0.3, -0.25) is 0 Å². The zero-order chi connectivity index (χ0) is 15.0. The molecule has 0 aliphatic rings. The molecule has 0 aliphatic carbocycles. The van der Waals surface area contributed by atoms with Crippen LogP contribution in [0.2, 0.25) is 0 Å². The lowest BCUT2D eigenvalue weighted by Gasteiger charge is -2.24. The number of phenols is 1. The summed E-state index contributed by atoms with van der Waals surface area (Å²) in [6, 6.07) is 3.34. The molecule has 1 N–H and O–H groups in total. The molecule has 0 fully saturated rings. The van der Waals surface area contributed by atoms with Crippen LogP contribution in [0.4, 0.5) is 0 Å². The first-order valence-electron chi connectivity index (χ1n) is 6.30. The molecule has 1 rings (SSSR count). The summed E-state index contributed by atoms with van der Waals surface area (Å²) in [6.07, 6.45) is 0.885. The molecule has 0 amide bonds. The van der Waals surface area contributed by atoms with E-state index in [-0.39, 0.29) is 22.0 Å². The number of rotatable bonds is 3. The highest BCUT2D eigenvalue weighted by Crippen LogP contribution is 2.39. The molecular weight excluding hydrogens is 284 g/mol. The summed E-state index contributed by atoms with van der Waals surface area (Å²) in [5, 5.41) is 10.2. The van der Waals surface area contributed by atoms with E-state index >= 15 is 0 Å². The van der Waals surface area contributed by atoms with Crippen LogP contribution in [-0.4, -0.2) is 13.5 Å². The van der Waals surface area contributed by atoms with Gasteiger partial charge in [-0.25, -0.2) is 8.42 Å². The van der Waals surface area contributed by atoms with Crippen LogP contribution in [0.25, 0.3) is 0 Å². The fourth-order valence-electron chi connectivity index (χ4n) is 1.91. The van der Waals surface area contributed by atoms with Crippen molar-refractivity contribution in [3.63, 3.8) is 0 Å². The summed E-state index contributed by atoms with van der Waals surface area (Å²) in [5.41, 5.74) is 1.12. The largest absolute Gasteiger partial charge is 0.506 e. The molecule has 0 radical (unpaired) electrons. The zero-order valence-electron chi connectivity index (χ0n) is 12.0. The topological polar surface area (TPSA) is 54.4 Å². The standard InChI is InChI=1S/C14H21ClO3S/c1-6-9(2)10-7-11(14(3,4)5)13(16)12(8-10)19(15,17)18/h7-9,16H,6H2,1-5H3. The first kappa shape index (κ1) is 16.3. The van der Waals surface area contributed by atoms with E-state index < -0.39 is 9.05 Å². The third kappa shape index (κ3) is 3.63. The van der Waals surface area contributed by atoms with Gasteiger partial charge < -0.3 is 5.11 Å². The van der Waals surface area contributed by atoms with E-state index in [1.165, 1.54) is 6.07 Å². The Balaban J connectivity index is 3.67. The molecule has 19 heavy (non-hydrogen) atoms. The third-order valence-corrected chi connectivity index (χ3v) is 4.68. The van der Waals surface area contributed by atoms with Crippen molar-refractivity contribution in [3.05, 3.63) is 23.3 Å². The molecule has 5 heteroatoms. The van der Waals surface area contributed by atoms with Crippen molar-refractivity contribution in [3.8, 4) is 5.75 Å². The summed E-state index contributed by atoms with van der Waals surface area (Å²) in [7, 11) is 1.46. The first-order valence-corrected chi connectivity index (χ1v) is 8.61. The molecule has 1 atom stereocenters. The number of benzene rings is 1. The second kappa shape index (κ2) is 5.33. The minimum absolute atomic E-state index is 0.197. The van der Waals surface area contributed by atoms with Crippen molar-refractivity contribution in [1.82, 2.24) is 0 Å². The summed E-state index contributed by atoms with van der Waals surface area (Å²) >= 11 is 0. The van der Waals surface area contributed by atoms with Gasteiger partial charge in [-0.05, 0) is 29.4 Å². The number of halogens is 1. The van der Waals surface area contributed by atoms with Crippen LogP contribution in [0.1, 0.15) is 58.1 Å². The molecule has 0 bridgehead atoms. The molecule has 1 unspecified atom stereocenters. The van der Waals surface area contributed by atoms with Gasteiger partial charge in [-0.15, -0.1) is 0 Å². The maximum Gasteiger partial charge on any atom is 0.264 e. The van der Waals surface area contributed by atoms with E-state index in [0.29, 0.717) is 5.56 Å². The van der Waals surface area contributed by atoms with Gasteiger partial charge >= 0.3 is 0 Å². The maximum absolute atomic E-state index is 11.6. The Kier molecular flexibility index (Phi) is 4.58. The first-order chi connectivity index (χ1) is 8.48. The second-order valence-electron chi connectivity index (χ2n) is 5.91. The number of hydrogen-bond donors (Lipinski definition) is 1. The molecule has 0 saturated heterocycles.